The summed E-state index contributed by atoms with van der Waals surface area (Å²) in [6.07, 6.45) is -1.87. The SMILES string of the molecule is Nc1c(C2CC2)[nH]n(-c2ccc(C(F)(F)F)cn2)c1=O. The Hall–Kier alpha value is -2.25. The Morgan fingerprint density at radius 1 is 1.35 bits per heavy atom. The molecule has 2 heterocycles. The number of anilines is 1. The Balaban J connectivity index is 2.01. The van der Waals surface area contributed by atoms with E-state index in [1.807, 2.05) is 0 Å². The predicted molar refractivity (Wildman–Crippen MR) is 65.6 cm³/mol. The van der Waals surface area contributed by atoms with Gasteiger partial charge in [-0.05, 0) is 25.0 Å². The first-order valence-electron chi connectivity index (χ1n) is 6.02. The topological polar surface area (TPSA) is 76.7 Å². The van der Waals surface area contributed by atoms with Gasteiger partial charge in [0.05, 0.1) is 11.3 Å². The number of halogens is 3. The Bertz CT molecular complexity index is 695. The van der Waals surface area contributed by atoms with Gasteiger partial charge in [0, 0.05) is 12.1 Å². The molecule has 1 aliphatic rings. The van der Waals surface area contributed by atoms with Crippen LogP contribution in [0.1, 0.15) is 30.0 Å². The van der Waals surface area contributed by atoms with E-state index in [-0.39, 0.29) is 17.4 Å². The molecule has 8 heteroatoms. The number of nitrogens with two attached hydrogens (primary N) is 1. The molecule has 0 aliphatic heterocycles. The molecular formula is C12H11F3N4O. The van der Waals surface area contributed by atoms with Crippen molar-refractivity contribution in [2.45, 2.75) is 24.9 Å². The van der Waals surface area contributed by atoms with Crippen molar-refractivity contribution in [1.29, 1.82) is 0 Å². The molecule has 5 nitrogen and oxygen atoms in total. The summed E-state index contributed by atoms with van der Waals surface area (Å²) in [6, 6.07) is 2.01. The van der Waals surface area contributed by atoms with Crippen LogP contribution >= 0.6 is 0 Å². The van der Waals surface area contributed by atoms with Crippen molar-refractivity contribution in [1.82, 2.24) is 14.8 Å². The lowest BCUT2D eigenvalue weighted by atomic mass is 10.2. The van der Waals surface area contributed by atoms with Crippen LogP contribution in [0.3, 0.4) is 0 Å². The van der Waals surface area contributed by atoms with Gasteiger partial charge < -0.3 is 5.73 Å². The van der Waals surface area contributed by atoms with Gasteiger partial charge in [-0.1, -0.05) is 0 Å². The fraction of sp³-hybridized carbons (Fsp3) is 0.333. The third-order valence-corrected chi connectivity index (χ3v) is 3.25. The average Bonchev–Trinajstić information content (AvgIpc) is 3.18. The Kier molecular flexibility index (Phi) is 2.63. The number of hydrogen-bond donors (Lipinski definition) is 2. The van der Waals surface area contributed by atoms with Crippen LogP contribution in [0, 0.1) is 0 Å². The first kappa shape index (κ1) is 12.8. The molecule has 20 heavy (non-hydrogen) atoms. The number of alkyl halides is 3. The molecule has 0 radical (unpaired) electrons. The number of nitrogen functional groups attached to an aromatic ring is 1. The zero-order chi connectivity index (χ0) is 14.5. The lowest BCUT2D eigenvalue weighted by Crippen LogP contribution is -2.18. The van der Waals surface area contributed by atoms with Gasteiger partial charge in [-0.2, -0.15) is 17.9 Å². The van der Waals surface area contributed by atoms with E-state index in [4.69, 9.17) is 5.73 Å². The minimum absolute atomic E-state index is 0.0848. The van der Waals surface area contributed by atoms with E-state index in [0.717, 1.165) is 29.7 Å². The molecule has 106 valence electrons. The summed E-state index contributed by atoms with van der Waals surface area (Å²) in [5, 5.41) is 2.82. The van der Waals surface area contributed by atoms with E-state index in [1.165, 1.54) is 0 Å². The van der Waals surface area contributed by atoms with Crippen molar-refractivity contribution in [2.24, 2.45) is 0 Å². The summed E-state index contributed by atoms with van der Waals surface area (Å²) in [6.45, 7) is 0. The number of aromatic nitrogens is 3. The number of aromatic amines is 1. The molecule has 2 aromatic heterocycles. The molecule has 0 atom stereocenters. The third kappa shape index (κ3) is 2.06. The second kappa shape index (κ2) is 4.12. The highest BCUT2D eigenvalue weighted by atomic mass is 19.4. The van der Waals surface area contributed by atoms with Crippen molar-refractivity contribution >= 4 is 5.69 Å². The highest BCUT2D eigenvalue weighted by molar-refractivity contribution is 5.46. The summed E-state index contributed by atoms with van der Waals surface area (Å²) in [4.78, 5) is 15.6. The molecule has 0 saturated heterocycles. The Labute approximate surface area is 111 Å². The standard InChI is InChI=1S/C12H11F3N4O/c13-12(14,15)7-3-4-8(17-5-7)19-11(20)9(16)10(18-19)6-1-2-6/h3-6,18H,1-2,16H2. The Morgan fingerprint density at radius 2 is 2.05 bits per heavy atom. The maximum Gasteiger partial charge on any atom is 0.417 e. The van der Waals surface area contributed by atoms with Gasteiger partial charge in [0.25, 0.3) is 5.56 Å². The first-order valence-corrected chi connectivity index (χ1v) is 6.02. The highest BCUT2D eigenvalue weighted by Crippen LogP contribution is 2.40. The maximum absolute atomic E-state index is 12.4. The second-order valence-electron chi connectivity index (χ2n) is 4.76. The molecule has 1 fully saturated rings. The van der Waals surface area contributed by atoms with Crippen molar-refractivity contribution in [3.05, 3.63) is 39.9 Å². The quantitative estimate of drug-likeness (QED) is 0.886. The van der Waals surface area contributed by atoms with Crippen LogP contribution < -0.4 is 11.3 Å². The number of nitrogens with zero attached hydrogens (tertiary/aromatic N) is 2. The molecule has 3 rings (SSSR count). The molecule has 0 unspecified atom stereocenters. The lowest BCUT2D eigenvalue weighted by Gasteiger charge is -2.06. The second-order valence-corrected chi connectivity index (χ2v) is 4.76. The third-order valence-electron chi connectivity index (χ3n) is 3.25. The van der Waals surface area contributed by atoms with Gasteiger partial charge in [0.15, 0.2) is 5.82 Å². The number of hydrogen-bond acceptors (Lipinski definition) is 3. The number of H-pyrrole nitrogens is 1. The number of rotatable bonds is 2. The lowest BCUT2D eigenvalue weighted by molar-refractivity contribution is -0.137. The van der Waals surface area contributed by atoms with E-state index < -0.39 is 17.3 Å². The number of nitrogens with one attached hydrogen (secondary N) is 1. The van der Waals surface area contributed by atoms with Gasteiger partial charge in [-0.3, -0.25) is 9.89 Å². The van der Waals surface area contributed by atoms with Gasteiger partial charge >= 0.3 is 6.18 Å². The molecule has 3 N–H and O–H groups in total. The van der Waals surface area contributed by atoms with Gasteiger partial charge in [-0.15, -0.1) is 0 Å². The molecule has 1 saturated carbocycles. The molecule has 0 bridgehead atoms. The van der Waals surface area contributed by atoms with E-state index >= 15 is 0 Å². The van der Waals surface area contributed by atoms with Crippen LogP contribution in [-0.2, 0) is 6.18 Å². The fourth-order valence-electron chi connectivity index (χ4n) is 2.00. The monoisotopic (exact) mass is 284 g/mol. The normalized spacial score (nSPS) is 15.6. The van der Waals surface area contributed by atoms with Crippen LogP contribution in [0.4, 0.5) is 18.9 Å². The van der Waals surface area contributed by atoms with E-state index in [9.17, 15) is 18.0 Å². The number of pyridine rings is 1. The fourth-order valence-corrected chi connectivity index (χ4v) is 2.00. The summed E-state index contributed by atoms with van der Waals surface area (Å²) in [5.41, 5.74) is 5.10. The van der Waals surface area contributed by atoms with Crippen molar-refractivity contribution < 1.29 is 13.2 Å². The van der Waals surface area contributed by atoms with Crippen LogP contribution in [0.5, 0.6) is 0 Å². The molecule has 1 aliphatic carbocycles. The summed E-state index contributed by atoms with van der Waals surface area (Å²) >= 11 is 0. The summed E-state index contributed by atoms with van der Waals surface area (Å²) < 4.78 is 38.4. The zero-order valence-electron chi connectivity index (χ0n) is 10.2. The van der Waals surface area contributed by atoms with Gasteiger partial charge in [0.1, 0.15) is 5.69 Å². The molecule has 0 spiro atoms. The van der Waals surface area contributed by atoms with E-state index in [2.05, 4.69) is 10.1 Å². The summed E-state index contributed by atoms with van der Waals surface area (Å²) in [5.74, 6) is 0.319. The summed E-state index contributed by atoms with van der Waals surface area (Å²) in [7, 11) is 0. The minimum atomic E-state index is -4.45. The minimum Gasteiger partial charge on any atom is -0.393 e. The van der Waals surface area contributed by atoms with E-state index in [0.29, 0.717) is 11.9 Å². The van der Waals surface area contributed by atoms with Crippen LogP contribution in [0.15, 0.2) is 23.1 Å². The molecule has 0 aromatic carbocycles. The molecular weight excluding hydrogens is 273 g/mol. The maximum atomic E-state index is 12.4. The van der Waals surface area contributed by atoms with Gasteiger partial charge in [0.2, 0.25) is 0 Å². The first-order chi connectivity index (χ1) is 9.38. The smallest absolute Gasteiger partial charge is 0.393 e. The van der Waals surface area contributed by atoms with Crippen molar-refractivity contribution in [3.63, 3.8) is 0 Å². The largest absolute Gasteiger partial charge is 0.417 e. The van der Waals surface area contributed by atoms with Crippen LogP contribution in [0.25, 0.3) is 5.82 Å². The van der Waals surface area contributed by atoms with Crippen molar-refractivity contribution in [2.75, 3.05) is 5.73 Å². The van der Waals surface area contributed by atoms with Gasteiger partial charge in [-0.25, -0.2) is 4.98 Å². The van der Waals surface area contributed by atoms with Crippen LogP contribution in [0.2, 0.25) is 0 Å². The van der Waals surface area contributed by atoms with Crippen molar-refractivity contribution in [3.8, 4) is 5.82 Å². The van der Waals surface area contributed by atoms with Crippen LogP contribution in [-0.4, -0.2) is 14.8 Å². The zero-order valence-corrected chi connectivity index (χ0v) is 10.2. The Morgan fingerprint density at radius 3 is 2.55 bits per heavy atom. The predicted octanol–water partition coefficient (Wildman–Crippen LogP) is 2.04. The molecule has 0 amide bonds. The molecule has 2 aromatic rings. The average molecular weight is 284 g/mol. The highest BCUT2D eigenvalue weighted by Gasteiger charge is 2.32. The van der Waals surface area contributed by atoms with E-state index in [1.54, 1.807) is 0 Å².